The summed E-state index contributed by atoms with van der Waals surface area (Å²) < 4.78 is 0. The normalized spacial score (nSPS) is 14.3. The number of nitrogens with one attached hydrogen (secondary N) is 2. The summed E-state index contributed by atoms with van der Waals surface area (Å²) >= 11 is 0. The molecule has 4 nitrogen and oxygen atoms in total. The first-order chi connectivity index (χ1) is 12.6. The Hall–Kier alpha value is -1.55. The van der Waals surface area contributed by atoms with Crippen molar-refractivity contribution in [3.05, 3.63) is 35.4 Å². The quantitative estimate of drug-likeness (QED) is 0.239. The molecule has 1 fully saturated rings. The Balaban J connectivity index is 0.00000364. The van der Waals surface area contributed by atoms with Gasteiger partial charge < -0.3 is 11.1 Å². The monoisotopic (exact) mass is 393 g/mol. The van der Waals surface area contributed by atoms with Crippen LogP contribution in [0.1, 0.15) is 93.5 Å². The molecular formula is C22H36ClN3O. The summed E-state index contributed by atoms with van der Waals surface area (Å²) in [4.78, 5) is 12.3. The molecule has 0 aliphatic heterocycles. The molecule has 1 aliphatic carbocycles. The Morgan fingerprint density at radius 1 is 1.00 bits per heavy atom. The van der Waals surface area contributed by atoms with Crippen LogP contribution >= 0.6 is 12.4 Å². The fraction of sp³-hybridized carbons (Fsp3) is 0.636. The third-order valence-electron chi connectivity index (χ3n) is 5.40. The molecule has 27 heavy (non-hydrogen) atoms. The van der Waals surface area contributed by atoms with Gasteiger partial charge in [-0.1, -0.05) is 70.4 Å². The number of amidine groups is 1. The smallest absolute Gasteiger partial charge is 0.252 e. The minimum Gasteiger partial charge on any atom is -0.386 e. The SMILES string of the molecule is CCCCCCCCCCCc1ccc(C(=O)NC2(C(=N)N)CC2)cc1.Cl. The number of carbonyl (C=O) groups is 1. The fourth-order valence-electron chi connectivity index (χ4n) is 3.34. The van der Waals surface area contributed by atoms with Crippen LogP contribution in [0.5, 0.6) is 0 Å². The highest BCUT2D eigenvalue weighted by Gasteiger charge is 2.47. The minimum absolute atomic E-state index is 0. The van der Waals surface area contributed by atoms with Gasteiger partial charge in [0.05, 0.1) is 5.54 Å². The largest absolute Gasteiger partial charge is 0.386 e. The Labute approximate surface area is 170 Å². The molecule has 0 atom stereocenters. The van der Waals surface area contributed by atoms with Gasteiger partial charge in [0.15, 0.2) is 0 Å². The molecule has 1 amide bonds. The minimum atomic E-state index is -0.577. The van der Waals surface area contributed by atoms with E-state index in [1.165, 1.54) is 63.4 Å². The lowest BCUT2D eigenvalue weighted by molar-refractivity contribution is 0.0943. The molecular weight excluding hydrogens is 358 g/mol. The Kier molecular flexibility index (Phi) is 10.5. The first-order valence-corrected chi connectivity index (χ1v) is 10.3. The lowest BCUT2D eigenvalue weighted by Gasteiger charge is -2.15. The van der Waals surface area contributed by atoms with Crippen molar-refractivity contribution in [3.8, 4) is 0 Å². The van der Waals surface area contributed by atoms with Gasteiger partial charge in [0.2, 0.25) is 0 Å². The molecule has 0 aromatic heterocycles. The highest BCUT2D eigenvalue weighted by Crippen LogP contribution is 2.35. The highest BCUT2D eigenvalue weighted by atomic mass is 35.5. The number of halogens is 1. The molecule has 2 rings (SSSR count). The van der Waals surface area contributed by atoms with Crippen LogP contribution in [0.25, 0.3) is 0 Å². The predicted molar refractivity (Wildman–Crippen MR) is 116 cm³/mol. The average Bonchev–Trinajstić information content (AvgIpc) is 3.42. The molecule has 4 N–H and O–H groups in total. The van der Waals surface area contributed by atoms with E-state index in [4.69, 9.17) is 11.1 Å². The van der Waals surface area contributed by atoms with Gasteiger partial charge >= 0.3 is 0 Å². The molecule has 0 unspecified atom stereocenters. The van der Waals surface area contributed by atoms with Crippen LogP contribution in [0.3, 0.4) is 0 Å². The van der Waals surface area contributed by atoms with Crippen LogP contribution in [0.4, 0.5) is 0 Å². The van der Waals surface area contributed by atoms with Gasteiger partial charge in [0, 0.05) is 5.56 Å². The van der Waals surface area contributed by atoms with Crippen molar-refractivity contribution in [1.82, 2.24) is 5.32 Å². The fourth-order valence-corrected chi connectivity index (χ4v) is 3.34. The molecule has 0 saturated heterocycles. The zero-order chi connectivity index (χ0) is 18.8. The van der Waals surface area contributed by atoms with E-state index in [1.807, 2.05) is 24.3 Å². The van der Waals surface area contributed by atoms with Crippen molar-refractivity contribution in [2.45, 2.75) is 89.5 Å². The van der Waals surface area contributed by atoms with Crippen molar-refractivity contribution in [2.75, 3.05) is 0 Å². The van der Waals surface area contributed by atoms with E-state index in [2.05, 4.69) is 12.2 Å². The molecule has 1 aliphatic rings. The maximum atomic E-state index is 12.3. The number of nitrogens with two attached hydrogens (primary N) is 1. The van der Waals surface area contributed by atoms with Crippen LogP contribution in [0.15, 0.2) is 24.3 Å². The van der Waals surface area contributed by atoms with Gasteiger partial charge in [-0.2, -0.15) is 0 Å². The van der Waals surface area contributed by atoms with Crippen molar-refractivity contribution in [3.63, 3.8) is 0 Å². The first-order valence-electron chi connectivity index (χ1n) is 10.3. The molecule has 0 radical (unpaired) electrons. The summed E-state index contributed by atoms with van der Waals surface area (Å²) in [6, 6.07) is 7.86. The summed E-state index contributed by atoms with van der Waals surface area (Å²) in [6.45, 7) is 2.26. The molecule has 0 heterocycles. The highest BCUT2D eigenvalue weighted by molar-refractivity contribution is 6.01. The maximum absolute atomic E-state index is 12.3. The number of hydrogen-bond acceptors (Lipinski definition) is 2. The zero-order valence-corrected chi connectivity index (χ0v) is 17.5. The number of carbonyl (C=O) groups excluding carboxylic acids is 1. The predicted octanol–water partition coefficient (Wildman–Crippen LogP) is 5.38. The number of amides is 1. The van der Waals surface area contributed by atoms with E-state index in [9.17, 15) is 4.79 Å². The summed E-state index contributed by atoms with van der Waals surface area (Å²) in [5.74, 6) is -0.0693. The summed E-state index contributed by atoms with van der Waals surface area (Å²) in [6.07, 6.45) is 14.7. The van der Waals surface area contributed by atoms with Gasteiger partial charge in [-0.3, -0.25) is 10.2 Å². The Morgan fingerprint density at radius 2 is 1.52 bits per heavy atom. The van der Waals surface area contributed by atoms with Crippen LogP contribution in [-0.4, -0.2) is 17.3 Å². The standard InChI is InChI=1S/C22H35N3O.ClH/c1-2-3-4-5-6-7-8-9-10-11-18-12-14-19(15-13-18)20(26)25-22(16-17-22)21(23)24;/h12-15H,2-11,16-17H2,1H3,(H3,23,24)(H,25,26);1H. The van der Waals surface area contributed by atoms with Crippen molar-refractivity contribution >= 4 is 24.1 Å². The molecule has 1 aromatic rings. The number of unbranched alkanes of at least 4 members (excludes halogenated alkanes) is 8. The summed E-state index contributed by atoms with van der Waals surface area (Å²) in [7, 11) is 0. The topological polar surface area (TPSA) is 79.0 Å². The van der Waals surface area contributed by atoms with Gasteiger partial charge in [-0.15, -0.1) is 12.4 Å². The van der Waals surface area contributed by atoms with Gasteiger partial charge in [-0.25, -0.2) is 0 Å². The first kappa shape index (κ1) is 23.5. The molecule has 5 heteroatoms. The summed E-state index contributed by atoms with van der Waals surface area (Å²) in [5.41, 5.74) is 6.93. The van der Waals surface area contributed by atoms with Crippen LogP contribution in [0, 0.1) is 5.41 Å². The average molecular weight is 394 g/mol. The number of rotatable bonds is 13. The summed E-state index contributed by atoms with van der Waals surface area (Å²) in [5, 5.41) is 10.5. The number of benzene rings is 1. The lowest BCUT2D eigenvalue weighted by Crippen LogP contribution is -2.46. The maximum Gasteiger partial charge on any atom is 0.252 e. The second-order valence-corrected chi connectivity index (χ2v) is 7.73. The molecule has 0 bridgehead atoms. The number of hydrogen-bond donors (Lipinski definition) is 3. The molecule has 1 aromatic carbocycles. The zero-order valence-electron chi connectivity index (χ0n) is 16.7. The second kappa shape index (κ2) is 12.0. The molecule has 0 spiro atoms. The Morgan fingerprint density at radius 3 is 2.00 bits per heavy atom. The van der Waals surface area contributed by atoms with Crippen molar-refractivity contribution in [2.24, 2.45) is 5.73 Å². The van der Waals surface area contributed by atoms with Crippen molar-refractivity contribution in [1.29, 1.82) is 5.41 Å². The van der Waals surface area contributed by atoms with Gasteiger partial charge in [0.25, 0.3) is 5.91 Å². The van der Waals surface area contributed by atoms with Gasteiger partial charge in [0.1, 0.15) is 5.84 Å². The second-order valence-electron chi connectivity index (χ2n) is 7.73. The van der Waals surface area contributed by atoms with E-state index in [1.54, 1.807) is 0 Å². The molecule has 152 valence electrons. The van der Waals surface area contributed by atoms with E-state index in [0.717, 1.165) is 19.3 Å². The third-order valence-corrected chi connectivity index (χ3v) is 5.40. The lowest BCUT2D eigenvalue weighted by atomic mass is 10.0. The van der Waals surface area contributed by atoms with E-state index in [-0.39, 0.29) is 24.1 Å². The Bertz CT molecular complexity index is 582. The van der Waals surface area contributed by atoms with E-state index >= 15 is 0 Å². The van der Waals surface area contributed by atoms with Gasteiger partial charge in [-0.05, 0) is 43.4 Å². The van der Waals surface area contributed by atoms with Crippen LogP contribution in [-0.2, 0) is 6.42 Å². The van der Waals surface area contributed by atoms with Crippen molar-refractivity contribution < 1.29 is 4.79 Å². The van der Waals surface area contributed by atoms with E-state index < -0.39 is 5.54 Å². The molecule has 1 saturated carbocycles. The number of aryl methyl sites for hydroxylation is 1. The third kappa shape index (κ3) is 7.92. The van der Waals surface area contributed by atoms with Crippen LogP contribution < -0.4 is 11.1 Å². The van der Waals surface area contributed by atoms with E-state index in [0.29, 0.717) is 5.56 Å². The van der Waals surface area contributed by atoms with Crippen LogP contribution in [0.2, 0.25) is 0 Å².